The number of nitrogens with one attached hydrogen (secondary N) is 2. The van der Waals surface area contributed by atoms with Crippen LogP contribution in [0.1, 0.15) is 24.8 Å². The van der Waals surface area contributed by atoms with E-state index >= 15 is 0 Å². The summed E-state index contributed by atoms with van der Waals surface area (Å²) < 4.78 is 26.2. The summed E-state index contributed by atoms with van der Waals surface area (Å²) in [6.07, 6.45) is 4.41. The van der Waals surface area contributed by atoms with Crippen molar-refractivity contribution in [3.05, 3.63) is 35.4 Å². The molecule has 19 heavy (non-hydrogen) atoms. The molecule has 0 unspecified atom stereocenters. The minimum Gasteiger partial charge on any atom is -0.319 e. The maximum atomic E-state index is 13.4. The molecule has 0 aromatic heterocycles. The molecule has 1 aliphatic rings. The molecule has 1 aliphatic carbocycles. The Morgan fingerprint density at radius 3 is 2.58 bits per heavy atom. The molecule has 0 heterocycles. The highest BCUT2D eigenvalue weighted by atomic mass is 19.1. The fourth-order valence-electron chi connectivity index (χ4n) is 2.77. The van der Waals surface area contributed by atoms with Crippen LogP contribution in [0.4, 0.5) is 8.78 Å². The summed E-state index contributed by atoms with van der Waals surface area (Å²) in [5.74, 6) is -0.966. The predicted molar refractivity (Wildman–Crippen MR) is 73.1 cm³/mol. The van der Waals surface area contributed by atoms with Crippen LogP contribution in [-0.2, 0) is 6.42 Å². The average molecular weight is 268 g/mol. The van der Waals surface area contributed by atoms with E-state index in [0.717, 1.165) is 25.7 Å². The number of hydrogen-bond acceptors (Lipinski definition) is 2. The Morgan fingerprint density at radius 1 is 1.21 bits per heavy atom. The standard InChI is InChI=1S/C15H22F2N2/c1-18-10-15(6-2-7-15)11-19-8-5-12-3-4-13(16)9-14(12)17/h3-4,9,18-19H,2,5-8,10-11H2,1H3. The zero-order valence-electron chi connectivity index (χ0n) is 11.4. The molecule has 0 saturated heterocycles. The Kier molecular flexibility index (Phi) is 4.88. The first-order valence-corrected chi connectivity index (χ1v) is 6.94. The van der Waals surface area contributed by atoms with Crippen LogP contribution in [0.15, 0.2) is 18.2 Å². The second-order valence-corrected chi connectivity index (χ2v) is 5.55. The van der Waals surface area contributed by atoms with E-state index in [1.807, 2.05) is 7.05 Å². The van der Waals surface area contributed by atoms with Gasteiger partial charge >= 0.3 is 0 Å². The van der Waals surface area contributed by atoms with Crippen molar-refractivity contribution in [1.29, 1.82) is 0 Å². The maximum Gasteiger partial charge on any atom is 0.129 e. The van der Waals surface area contributed by atoms with Gasteiger partial charge in [-0.05, 0) is 49.9 Å². The zero-order chi connectivity index (χ0) is 13.7. The zero-order valence-corrected chi connectivity index (χ0v) is 11.4. The van der Waals surface area contributed by atoms with Gasteiger partial charge in [-0.25, -0.2) is 8.78 Å². The van der Waals surface area contributed by atoms with E-state index < -0.39 is 11.6 Å². The molecule has 0 bridgehead atoms. The minimum absolute atomic E-state index is 0.385. The van der Waals surface area contributed by atoms with Gasteiger partial charge in [-0.1, -0.05) is 12.5 Å². The van der Waals surface area contributed by atoms with Gasteiger partial charge in [0.2, 0.25) is 0 Å². The SMILES string of the molecule is CNCC1(CNCCc2ccc(F)cc2F)CCC1. The molecule has 0 radical (unpaired) electrons. The molecule has 0 amide bonds. The van der Waals surface area contributed by atoms with Gasteiger partial charge in [0.1, 0.15) is 11.6 Å². The quantitative estimate of drug-likeness (QED) is 0.742. The van der Waals surface area contributed by atoms with Crippen LogP contribution < -0.4 is 10.6 Å². The lowest BCUT2D eigenvalue weighted by Crippen LogP contribution is -2.46. The first-order valence-electron chi connectivity index (χ1n) is 6.94. The van der Waals surface area contributed by atoms with E-state index in [9.17, 15) is 8.78 Å². The average Bonchev–Trinajstić information content (AvgIpc) is 2.33. The van der Waals surface area contributed by atoms with E-state index in [0.29, 0.717) is 17.4 Å². The van der Waals surface area contributed by atoms with Crippen LogP contribution in [0, 0.1) is 17.0 Å². The topological polar surface area (TPSA) is 24.1 Å². The van der Waals surface area contributed by atoms with Gasteiger partial charge in [-0.3, -0.25) is 0 Å². The molecule has 2 rings (SSSR count). The molecule has 2 nitrogen and oxygen atoms in total. The first-order chi connectivity index (χ1) is 9.15. The van der Waals surface area contributed by atoms with Crippen LogP contribution >= 0.6 is 0 Å². The van der Waals surface area contributed by atoms with Gasteiger partial charge in [0.15, 0.2) is 0 Å². The van der Waals surface area contributed by atoms with Crippen molar-refractivity contribution in [3.63, 3.8) is 0 Å². The fourth-order valence-corrected chi connectivity index (χ4v) is 2.77. The van der Waals surface area contributed by atoms with E-state index in [2.05, 4.69) is 10.6 Å². The highest BCUT2D eigenvalue weighted by Gasteiger charge is 2.35. The molecule has 0 aliphatic heterocycles. The van der Waals surface area contributed by atoms with Crippen molar-refractivity contribution in [2.24, 2.45) is 5.41 Å². The Labute approximate surface area is 113 Å². The van der Waals surface area contributed by atoms with Crippen LogP contribution in [0.3, 0.4) is 0 Å². The molecular weight excluding hydrogens is 246 g/mol. The normalized spacial score (nSPS) is 17.2. The van der Waals surface area contributed by atoms with Crippen LogP contribution in [0.2, 0.25) is 0 Å². The summed E-state index contributed by atoms with van der Waals surface area (Å²) in [6.45, 7) is 2.73. The Bertz CT molecular complexity index is 417. The molecule has 0 spiro atoms. The maximum absolute atomic E-state index is 13.4. The molecule has 1 aromatic carbocycles. The van der Waals surface area contributed by atoms with Crippen LogP contribution in [0.25, 0.3) is 0 Å². The van der Waals surface area contributed by atoms with Crippen molar-refractivity contribution in [2.75, 3.05) is 26.7 Å². The minimum atomic E-state index is -0.517. The highest BCUT2D eigenvalue weighted by molar-refractivity contribution is 5.18. The second kappa shape index (κ2) is 6.44. The molecule has 4 heteroatoms. The number of benzene rings is 1. The third-order valence-electron chi connectivity index (χ3n) is 4.05. The fraction of sp³-hybridized carbons (Fsp3) is 0.600. The lowest BCUT2D eigenvalue weighted by Gasteiger charge is -2.42. The summed E-state index contributed by atoms with van der Waals surface area (Å²) in [5, 5.41) is 6.65. The van der Waals surface area contributed by atoms with Crippen LogP contribution in [-0.4, -0.2) is 26.7 Å². The van der Waals surface area contributed by atoms with Gasteiger partial charge < -0.3 is 10.6 Å². The number of halogens is 2. The summed E-state index contributed by atoms with van der Waals surface area (Å²) in [4.78, 5) is 0. The molecule has 1 fully saturated rings. The Balaban J connectivity index is 1.74. The summed E-state index contributed by atoms with van der Waals surface area (Å²) in [5.41, 5.74) is 0.959. The number of hydrogen-bond donors (Lipinski definition) is 2. The Morgan fingerprint density at radius 2 is 2.00 bits per heavy atom. The van der Waals surface area contributed by atoms with E-state index in [4.69, 9.17) is 0 Å². The highest BCUT2D eigenvalue weighted by Crippen LogP contribution is 2.39. The second-order valence-electron chi connectivity index (χ2n) is 5.55. The summed E-state index contributed by atoms with van der Waals surface area (Å²) >= 11 is 0. The molecule has 106 valence electrons. The lowest BCUT2D eigenvalue weighted by atomic mass is 9.68. The van der Waals surface area contributed by atoms with Gasteiger partial charge in [0, 0.05) is 19.2 Å². The molecule has 1 saturated carbocycles. The first kappa shape index (κ1) is 14.4. The third-order valence-corrected chi connectivity index (χ3v) is 4.05. The van der Waals surface area contributed by atoms with Crippen molar-refractivity contribution >= 4 is 0 Å². The molecule has 0 atom stereocenters. The predicted octanol–water partition coefficient (Wildman–Crippen LogP) is 2.49. The monoisotopic (exact) mass is 268 g/mol. The van der Waals surface area contributed by atoms with Crippen molar-refractivity contribution in [3.8, 4) is 0 Å². The summed E-state index contributed by atoms with van der Waals surface area (Å²) in [6, 6.07) is 3.79. The van der Waals surface area contributed by atoms with Crippen molar-refractivity contribution in [1.82, 2.24) is 10.6 Å². The van der Waals surface area contributed by atoms with Crippen molar-refractivity contribution < 1.29 is 8.78 Å². The van der Waals surface area contributed by atoms with E-state index in [-0.39, 0.29) is 0 Å². The molecule has 1 aromatic rings. The van der Waals surface area contributed by atoms with Gasteiger partial charge in [-0.2, -0.15) is 0 Å². The number of rotatable bonds is 7. The Hall–Kier alpha value is -1.00. The molecular formula is C15H22F2N2. The van der Waals surface area contributed by atoms with Gasteiger partial charge in [0.25, 0.3) is 0 Å². The lowest BCUT2D eigenvalue weighted by molar-refractivity contribution is 0.131. The van der Waals surface area contributed by atoms with E-state index in [1.165, 1.54) is 31.4 Å². The van der Waals surface area contributed by atoms with Gasteiger partial charge in [0.05, 0.1) is 0 Å². The van der Waals surface area contributed by atoms with Crippen LogP contribution in [0.5, 0.6) is 0 Å². The summed E-state index contributed by atoms with van der Waals surface area (Å²) in [7, 11) is 1.98. The van der Waals surface area contributed by atoms with E-state index in [1.54, 1.807) is 0 Å². The third kappa shape index (κ3) is 3.74. The smallest absolute Gasteiger partial charge is 0.129 e. The largest absolute Gasteiger partial charge is 0.319 e. The van der Waals surface area contributed by atoms with Gasteiger partial charge in [-0.15, -0.1) is 0 Å². The van der Waals surface area contributed by atoms with Crippen molar-refractivity contribution in [2.45, 2.75) is 25.7 Å². The molecule has 2 N–H and O–H groups in total.